The van der Waals surface area contributed by atoms with Crippen molar-refractivity contribution in [1.29, 1.82) is 0 Å². The summed E-state index contributed by atoms with van der Waals surface area (Å²) in [5, 5.41) is 47.0. The van der Waals surface area contributed by atoms with Crippen molar-refractivity contribution < 1.29 is 43.8 Å². The molecule has 2 amide bonds. The molecule has 0 unspecified atom stereocenters. The number of H-pyrrole nitrogens is 1. The molecule has 2 atom stereocenters. The summed E-state index contributed by atoms with van der Waals surface area (Å²) in [5.41, 5.74) is 5.17. The van der Waals surface area contributed by atoms with Gasteiger partial charge in [0.25, 0.3) is 5.91 Å². The summed E-state index contributed by atoms with van der Waals surface area (Å²) in [6.45, 7) is 3.96. The van der Waals surface area contributed by atoms with Crippen LogP contribution in [0.3, 0.4) is 0 Å². The van der Waals surface area contributed by atoms with Gasteiger partial charge in [0.05, 0.1) is 47.7 Å². The van der Waals surface area contributed by atoms with Gasteiger partial charge in [-0.2, -0.15) is 14.6 Å². The number of rotatable bonds is 12. The van der Waals surface area contributed by atoms with E-state index in [1.807, 2.05) is 0 Å². The maximum Gasteiger partial charge on any atom is 0.350 e. The number of fused-ring (bicyclic) bond motifs is 1. The number of carboxylic acid groups (broad SMARTS) is 1. The smallest absolute Gasteiger partial charge is 0.350 e. The van der Waals surface area contributed by atoms with Crippen LogP contribution in [0.2, 0.25) is 5.02 Å². The number of nitrogens with zero attached hydrogens (tertiary/aromatic N) is 9. The van der Waals surface area contributed by atoms with Crippen molar-refractivity contribution in [1.82, 2.24) is 39.8 Å². The quantitative estimate of drug-likeness (QED) is 0.0573. The predicted molar refractivity (Wildman–Crippen MR) is 192 cm³/mol. The average Bonchev–Trinajstić information content (AvgIpc) is 3.81. The lowest BCUT2D eigenvalue weighted by Crippen LogP contribution is -2.61. The number of phenolic OH excluding ortho intramolecular Hbond substituents is 2. The molecule has 0 aliphatic carbocycles. The van der Waals surface area contributed by atoms with Crippen molar-refractivity contribution in [2.75, 3.05) is 45.2 Å². The number of phenols is 2. The van der Waals surface area contributed by atoms with Crippen LogP contribution >= 0.6 is 34.9 Å². The van der Waals surface area contributed by atoms with Gasteiger partial charge in [-0.05, 0) is 31.2 Å². The maximum atomic E-state index is 13.9. The number of thioether (sulfide) groups is 1. The molecular weight excluding hydrogens is 754 g/mol. The largest absolute Gasteiger partial charge is 0.504 e. The van der Waals surface area contributed by atoms with E-state index in [4.69, 9.17) is 22.2 Å². The third-order valence-corrected chi connectivity index (χ3v) is 11.9. The van der Waals surface area contributed by atoms with Gasteiger partial charge in [-0.1, -0.05) is 16.8 Å². The van der Waals surface area contributed by atoms with Crippen LogP contribution in [0.25, 0.3) is 5.70 Å². The number of aromatic amines is 1. The number of amides is 2. The highest BCUT2D eigenvalue weighted by Gasteiger charge is 2.54. The Morgan fingerprint density at radius 2 is 1.92 bits per heavy atom. The zero-order valence-corrected chi connectivity index (χ0v) is 31.4. The molecule has 3 aliphatic rings. The Balaban J connectivity index is 1.17. The number of piperidine rings is 1. The predicted octanol–water partition coefficient (Wildman–Crippen LogP) is 1.56. The number of oxime groups is 1. The molecule has 1 aromatic carbocycles. The molecule has 0 spiro atoms. The number of likely N-dealkylation sites (N-methyl/N-ethyl adjacent to an activating group) is 1. The van der Waals surface area contributed by atoms with Gasteiger partial charge in [0, 0.05) is 55.2 Å². The Kier molecular flexibility index (Phi) is 10.4. The lowest BCUT2D eigenvalue weighted by molar-refractivity contribution is -0.911. The van der Waals surface area contributed by atoms with Crippen LogP contribution in [0, 0.1) is 5.92 Å². The highest BCUT2D eigenvalue weighted by Crippen LogP contribution is 2.48. The van der Waals surface area contributed by atoms with Gasteiger partial charge in [0.2, 0.25) is 23.2 Å². The Bertz CT molecular complexity index is 2010. The van der Waals surface area contributed by atoms with E-state index in [2.05, 4.69) is 49.2 Å². The van der Waals surface area contributed by atoms with E-state index in [9.17, 15) is 34.5 Å². The van der Waals surface area contributed by atoms with E-state index in [-0.39, 0.29) is 57.4 Å². The van der Waals surface area contributed by atoms with Gasteiger partial charge in [0.15, 0.2) is 28.1 Å². The maximum absolute atomic E-state index is 13.9. The number of benzene rings is 1. The molecule has 5 heterocycles. The number of Topliss-reactive ketones (excluding diaryl/α,β-unsaturated/α-hetero) is 1. The van der Waals surface area contributed by atoms with Crippen molar-refractivity contribution in [3.8, 4) is 11.5 Å². The second-order valence-electron chi connectivity index (χ2n) is 13.9. The third-order valence-electron chi connectivity index (χ3n) is 9.58. The summed E-state index contributed by atoms with van der Waals surface area (Å²) in [6, 6.07) is 2.76. The molecule has 53 heavy (non-hydrogen) atoms. The van der Waals surface area contributed by atoms with Crippen LogP contribution in [0.15, 0.2) is 22.9 Å². The van der Waals surface area contributed by atoms with Crippen LogP contribution in [0.5, 0.6) is 11.5 Å². The minimum absolute atomic E-state index is 0.0645. The monoisotopic (exact) mass is 790 g/mol. The molecule has 282 valence electrons. The fourth-order valence-corrected chi connectivity index (χ4v) is 8.61. The van der Waals surface area contributed by atoms with E-state index in [1.165, 1.54) is 37.7 Å². The molecule has 3 aromatic rings. The zero-order valence-electron chi connectivity index (χ0n) is 29.0. The van der Waals surface area contributed by atoms with E-state index in [0.29, 0.717) is 48.4 Å². The summed E-state index contributed by atoms with van der Waals surface area (Å²) in [6.07, 6.45) is 1.07. The normalized spacial score (nSPS) is 19.9. The molecule has 2 saturated heterocycles. The van der Waals surface area contributed by atoms with Crippen molar-refractivity contribution in [3.05, 3.63) is 39.9 Å². The SMILES string of the molecule is CC(C)(O/N=C(\C(=O)C[C@@H]1C(=O)N2C(c3nn[nH]n3)=C(C[N+](C)(C)C3CCN(C(=O)c4ccc(O)c(O)c4Cl)CC3)CS[C@H]12)c1nsc(N)n1)C(=O)O. The molecule has 2 fully saturated rings. The molecule has 2 aromatic heterocycles. The van der Waals surface area contributed by atoms with Crippen molar-refractivity contribution in [2.24, 2.45) is 11.1 Å². The molecule has 3 aliphatic heterocycles. The van der Waals surface area contributed by atoms with Crippen molar-refractivity contribution >= 4 is 75.0 Å². The molecular formula is C31H37ClN11O8S2+. The summed E-state index contributed by atoms with van der Waals surface area (Å²) >= 11 is 8.49. The van der Waals surface area contributed by atoms with Gasteiger partial charge in [-0.25, -0.2) is 4.79 Å². The lowest BCUT2D eigenvalue weighted by atomic mass is 9.89. The van der Waals surface area contributed by atoms with Gasteiger partial charge in [0.1, 0.15) is 6.54 Å². The van der Waals surface area contributed by atoms with E-state index >= 15 is 0 Å². The number of aromatic nitrogens is 6. The number of carboxylic acids is 1. The second-order valence-corrected chi connectivity index (χ2v) is 16.2. The number of carbonyl (C=O) groups excluding carboxylic acids is 3. The lowest BCUT2D eigenvalue weighted by Gasteiger charge is -2.51. The summed E-state index contributed by atoms with van der Waals surface area (Å²) in [7, 11) is 4.17. The number of carbonyl (C=O) groups is 4. The number of ketones is 1. The molecule has 0 saturated carbocycles. The first-order chi connectivity index (χ1) is 25.0. The van der Waals surface area contributed by atoms with E-state index in [0.717, 1.165) is 17.1 Å². The number of nitrogen functional groups attached to an aromatic ring is 1. The summed E-state index contributed by atoms with van der Waals surface area (Å²) in [5.74, 6) is -3.67. The van der Waals surface area contributed by atoms with Crippen LogP contribution in [0.4, 0.5) is 5.13 Å². The number of nitrogens with one attached hydrogen (secondary N) is 1. The van der Waals surface area contributed by atoms with Crippen molar-refractivity contribution in [3.63, 3.8) is 0 Å². The highest BCUT2D eigenvalue weighted by molar-refractivity contribution is 8.00. The number of hydrogen-bond donors (Lipinski definition) is 5. The molecule has 6 N–H and O–H groups in total. The molecule has 0 bridgehead atoms. The number of tetrazole rings is 1. The van der Waals surface area contributed by atoms with Gasteiger partial charge in [-0.3, -0.25) is 19.3 Å². The number of halogens is 1. The first-order valence-corrected chi connectivity index (χ1v) is 18.6. The number of hydrogen-bond acceptors (Lipinski definition) is 16. The van der Waals surface area contributed by atoms with Crippen LogP contribution < -0.4 is 5.73 Å². The number of nitrogens with two attached hydrogens (primary N) is 1. The summed E-state index contributed by atoms with van der Waals surface area (Å²) < 4.78 is 4.58. The summed E-state index contributed by atoms with van der Waals surface area (Å²) in [4.78, 5) is 64.8. The fraction of sp³-hybridized carbons (Fsp3) is 0.484. The third kappa shape index (κ3) is 7.37. The molecule has 0 radical (unpaired) electrons. The Hall–Kier alpha value is -4.86. The number of quaternary nitrogens is 1. The standard InChI is InChI=1S/C31H36ClN11O8S2/c1-31(2,29(49)50)51-37-21(24-34-30(33)53-38-24)19(45)11-17-27(48)42-22(25-35-39-40-36-25)14(13-52-28(17)42)12-43(3,4)15-7-9-41(10-8-15)26(47)16-5-6-18(44)23(46)20(16)32/h5-6,15,17,28H,7-13H2,1-4H3,(H5-,33,34,35,36,37,38,39,40,44,45,46,47,49,50)/p+1/t17-,28-/m1/s1. The highest BCUT2D eigenvalue weighted by atomic mass is 35.5. The minimum atomic E-state index is -1.76. The fourth-order valence-electron chi connectivity index (χ4n) is 6.54. The first kappa shape index (κ1) is 37.9. The van der Waals surface area contributed by atoms with Crippen LogP contribution in [0.1, 0.15) is 55.1 Å². The topological polar surface area (TPSA) is 263 Å². The Morgan fingerprint density at radius 3 is 2.55 bits per heavy atom. The van der Waals surface area contributed by atoms with E-state index in [1.54, 1.807) is 9.80 Å². The van der Waals surface area contributed by atoms with E-state index < -0.39 is 40.1 Å². The number of aromatic hydroxyl groups is 2. The van der Waals surface area contributed by atoms with Crippen molar-refractivity contribution in [2.45, 2.75) is 50.1 Å². The van der Waals surface area contributed by atoms with Crippen LogP contribution in [-0.4, -0.2) is 145 Å². The average molecular weight is 791 g/mol. The number of anilines is 1. The number of likely N-dealkylation sites (tertiary alicyclic amines) is 1. The Morgan fingerprint density at radius 1 is 1.21 bits per heavy atom. The zero-order chi connectivity index (χ0) is 38.4. The molecule has 6 rings (SSSR count). The Labute approximate surface area is 315 Å². The van der Waals surface area contributed by atoms with Crippen LogP contribution in [-0.2, 0) is 19.2 Å². The first-order valence-electron chi connectivity index (χ1n) is 16.4. The number of β-lactam (4-membered cyclic amide) rings is 1. The number of aliphatic carboxylic acids is 1. The van der Waals surface area contributed by atoms with Gasteiger partial charge < -0.3 is 35.3 Å². The minimum Gasteiger partial charge on any atom is -0.504 e. The molecule has 22 heteroatoms. The van der Waals surface area contributed by atoms with Gasteiger partial charge >= 0.3 is 5.97 Å². The molecule has 19 nitrogen and oxygen atoms in total. The van der Waals surface area contributed by atoms with Gasteiger partial charge in [-0.15, -0.1) is 22.0 Å². The second kappa shape index (κ2) is 14.5.